The van der Waals surface area contributed by atoms with E-state index in [-0.39, 0.29) is 0 Å². The lowest BCUT2D eigenvalue weighted by molar-refractivity contribution is 0.366. The van der Waals surface area contributed by atoms with E-state index in [0.29, 0.717) is 23.9 Å². The smallest absolute Gasteiger partial charge is 0.248 e. The first-order valence-electron chi connectivity index (χ1n) is 5.88. The summed E-state index contributed by atoms with van der Waals surface area (Å²) in [7, 11) is 0. The van der Waals surface area contributed by atoms with Crippen molar-refractivity contribution in [2.45, 2.75) is 13.5 Å². The van der Waals surface area contributed by atoms with Gasteiger partial charge in [-0.05, 0) is 13.0 Å². The molecule has 0 saturated heterocycles. The zero-order chi connectivity index (χ0) is 13.2. The summed E-state index contributed by atoms with van der Waals surface area (Å²) in [6, 6.07) is 7.96. The Bertz CT molecular complexity index is 700. The molecule has 2 N–H and O–H groups in total. The van der Waals surface area contributed by atoms with Crippen molar-refractivity contribution in [2.75, 3.05) is 5.73 Å². The second-order valence-corrected chi connectivity index (χ2v) is 4.35. The minimum absolute atomic E-state index is 0.413. The lowest BCUT2D eigenvalue weighted by Gasteiger charge is -1.95. The molecule has 0 aliphatic heterocycles. The van der Waals surface area contributed by atoms with Crippen LogP contribution in [0.5, 0.6) is 0 Å². The summed E-state index contributed by atoms with van der Waals surface area (Å²) < 4.78 is 6.86. The largest absolute Gasteiger partial charge is 0.396 e. The van der Waals surface area contributed by atoms with E-state index < -0.39 is 0 Å². The van der Waals surface area contributed by atoms with Crippen LogP contribution in [0.4, 0.5) is 5.69 Å². The molecular weight excluding hydrogens is 242 g/mol. The van der Waals surface area contributed by atoms with E-state index in [0.717, 1.165) is 11.1 Å². The molecule has 2 aromatic heterocycles. The van der Waals surface area contributed by atoms with E-state index in [2.05, 4.69) is 15.2 Å². The Morgan fingerprint density at radius 2 is 2.26 bits per heavy atom. The van der Waals surface area contributed by atoms with Crippen LogP contribution in [0.25, 0.3) is 11.4 Å². The molecule has 0 aliphatic rings. The molecule has 0 bridgehead atoms. The van der Waals surface area contributed by atoms with Crippen molar-refractivity contribution in [3.8, 4) is 11.4 Å². The molecule has 96 valence electrons. The third kappa shape index (κ3) is 2.47. The first-order valence-corrected chi connectivity index (χ1v) is 5.88. The Morgan fingerprint density at radius 3 is 3.00 bits per heavy atom. The fourth-order valence-electron chi connectivity index (χ4n) is 1.83. The van der Waals surface area contributed by atoms with Gasteiger partial charge in [0.2, 0.25) is 11.7 Å². The van der Waals surface area contributed by atoms with Gasteiger partial charge in [0.25, 0.3) is 0 Å². The molecule has 6 nitrogen and oxygen atoms in total. The highest BCUT2D eigenvalue weighted by molar-refractivity contribution is 5.55. The SMILES string of the molecule is Cc1cccc(-c2noc(Cn3cc(N)cn3)n2)c1. The van der Waals surface area contributed by atoms with Crippen LogP contribution in [0.1, 0.15) is 11.5 Å². The lowest BCUT2D eigenvalue weighted by Crippen LogP contribution is -2.00. The molecule has 0 radical (unpaired) electrons. The monoisotopic (exact) mass is 255 g/mol. The van der Waals surface area contributed by atoms with E-state index in [1.165, 1.54) is 0 Å². The highest BCUT2D eigenvalue weighted by atomic mass is 16.5. The lowest BCUT2D eigenvalue weighted by atomic mass is 10.1. The summed E-state index contributed by atoms with van der Waals surface area (Å²) in [6.45, 7) is 2.44. The van der Waals surface area contributed by atoms with Gasteiger partial charge in [-0.25, -0.2) is 0 Å². The molecule has 19 heavy (non-hydrogen) atoms. The maximum Gasteiger partial charge on any atom is 0.248 e. The summed E-state index contributed by atoms with van der Waals surface area (Å²) in [5.41, 5.74) is 8.30. The van der Waals surface area contributed by atoms with Crippen molar-refractivity contribution in [3.05, 3.63) is 48.1 Å². The summed E-state index contributed by atoms with van der Waals surface area (Å²) in [5, 5.41) is 8.04. The average Bonchev–Trinajstić information content (AvgIpc) is 2.99. The quantitative estimate of drug-likeness (QED) is 0.772. The van der Waals surface area contributed by atoms with Gasteiger partial charge in [-0.2, -0.15) is 10.1 Å². The van der Waals surface area contributed by atoms with Crippen LogP contribution < -0.4 is 5.73 Å². The van der Waals surface area contributed by atoms with Gasteiger partial charge in [0.1, 0.15) is 6.54 Å². The number of nitrogens with zero attached hydrogens (tertiary/aromatic N) is 4. The van der Waals surface area contributed by atoms with Gasteiger partial charge in [0.15, 0.2) is 0 Å². The second-order valence-electron chi connectivity index (χ2n) is 4.35. The summed E-state index contributed by atoms with van der Waals surface area (Å²) in [4.78, 5) is 4.35. The molecule has 0 atom stereocenters. The molecule has 0 saturated carbocycles. The highest BCUT2D eigenvalue weighted by Crippen LogP contribution is 2.17. The molecule has 6 heteroatoms. The van der Waals surface area contributed by atoms with Gasteiger partial charge >= 0.3 is 0 Å². The number of aryl methyl sites for hydroxylation is 1. The Kier molecular flexibility index (Phi) is 2.75. The number of benzene rings is 1. The van der Waals surface area contributed by atoms with Crippen LogP contribution in [-0.4, -0.2) is 19.9 Å². The number of rotatable bonds is 3. The molecule has 0 unspecified atom stereocenters. The predicted octanol–water partition coefficient (Wildman–Crippen LogP) is 1.87. The summed E-state index contributed by atoms with van der Waals surface area (Å²) >= 11 is 0. The Balaban J connectivity index is 1.83. The Morgan fingerprint density at radius 1 is 1.37 bits per heavy atom. The standard InChI is InChI=1S/C13H13N5O/c1-9-3-2-4-10(5-9)13-16-12(19-17-13)8-18-7-11(14)6-15-18/h2-7H,8,14H2,1H3. The van der Waals surface area contributed by atoms with Crippen LogP contribution in [0.15, 0.2) is 41.2 Å². The number of nitrogens with two attached hydrogens (primary N) is 1. The molecule has 0 fully saturated rings. The fraction of sp³-hybridized carbons (Fsp3) is 0.154. The molecule has 0 amide bonds. The summed E-state index contributed by atoms with van der Waals surface area (Å²) in [5.74, 6) is 1.08. The van der Waals surface area contributed by atoms with Crippen molar-refractivity contribution in [1.82, 2.24) is 19.9 Å². The predicted molar refractivity (Wildman–Crippen MR) is 70.2 cm³/mol. The summed E-state index contributed by atoms with van der Waals surface area (Å²) in [6.07, 6.45) is 3.30. The molecule has 0 spiro atoms. The van der Waals surface area contributed by atoms with Gasteiger partial charge in [0, 0.05) is 11.8 Å². The highest BCUT2D eigenvalue weighted by Gasteiger charge is 2.09. The van der Waals surface area contributed by atoms with Crippen molar-refractivity contribution in [2.24, 2.45) is 0 Å². The maximum absolute atomic E-state index is 5.60. The minimum atomic E-state index is 0.413. The first-order chi connectivity index (χ1) is 9.20. The molecule has 2 heterocycles. The van der Waals surface area contributed by atoms with Gasteiger partial charge in [-0.1, -0.05) is 28.9 Å². The normalized spacial score (nSPS) is 10.8. The van der Waals surface area contributed by atoms with Crippen LogP contribution in [0, 0.1) is 6.92 Å². The van der Waals surface area contributed by atoms with Crippen LogP contribution in [0.3, 0.4) is 0 Å². The number of hydrogen-bond acceptors (Lipinski definition) is 5. The second kappa shape index (κ2) is 4.56. The zero-order valence-electron chi connectivity index (χ0n) is 10.4. The van der Waals surface area contributed by atoms with Gasteiger partial charge in [0.05, 0.1) is 11.9 Å². The van der Waals surface area contributed by atoms with Gasteiger partial charge in [-0.15, -0.1) is 0 Å². The Hall–Kier alpha value is -2.63. The molecule has 3 aromatic rings. The fourth-order valence-corrected chi connectivity index (χ4v) is 1.83. The van der Waals surface area contributed by atoms with E-state index in [1.54, 1.807) is 17.1 Å². The number of hydrogen-bond donors (Lipinski definition) is 1. The zero-order valence-corrected chi connectivity index (χ0v) is 10.4. The molecular formula is C13H13N5O. The van der Waals surface area contributed by atoms with E-state index in [1.807, 2.05) is 31.2 Å². The third-order valence-electron chi connectivity index (χ3n) is 2.69. The number of aromatic nitrogens is 4. The van der Waals surface area contributed by atoms with E-state index in [4.69, 9.17) is 10.3 Å². The topological polar surface area (TPSA) is 82.8 Å². The van der Waals surface area contributed by atoms with Gasteiger partial charge in [-0.3, -0.25) is 4.68 Å². The number of nitrogen functional groups attached to an aromatic ring is 1. The van der Waals surface area contributed by atoms with Crippen molar-refractivity contribution < 1.29 is 4.52 Å². The van der Waals surface area contributed by atoms with Crippen LogP contribution in [-0.2, 0) is 6.54 Å². The Labute approximate surface area is 109 Å². The van der Waals surface area contributed by atoms with E-state index >= 15 is 0 Å². The average molecular weight is 255 g/mol. The van der Waals surface area contributed by atoms with Crippen LogP contribution >= 0.6 is 0 Å². The third-order valence-corrected chi connectivity index (χ3v) is 2.69. The first kappa shape index (κ1) is 11.5. The minimum Gasteiger partial charge on any atom is -0.396 e. The van der Waals surface area contributed by atoms with E-state index in [9.17, 15) is 0 Å². The number of anilines is 1. The van der Waals surface area contributed by atoms with Crippen molar-refractivity contribution in [3.63, 3.8) is 0 Å². The van der Waals surface area contributed by atoms with Gasteiger partial charge < -0.3 is 10.3 Å². The van der Waals surface area contributed by atoms with Crippen LogP contribution in [0.2, 0.25) is 0 Å². The molecule has 0 aliphatic carbocycles. The molecule has 1 aromatic carbocycles. The maximum atomic E-state index is 5.60. The van der Waals surface area contributed by atoms with Crippen molar-refractivity contribution in [1.29, 1.82) is 0 Å². The van der Waals surface area contributed by atoms with Crippen molar-refractivity contribution >= 4 is 5.69 Å². The molecule has 3 rings (SSSR count).